The van der Waals surface area contributed by atoms with Gasteiger partial charge in [-0.2, -0.15) is 0 Å². The van der Waals surface area contributed by atoms with Crippen LogP contribution < -0.4 is 0 Å². The number of nitrogens with zero attached hydrogens (tertiary/aromatic N) is 1. The van der Waals surface area contributed by atoms with Crippen LogP contribution in [-0.2, 0) is 4.79 Å². The molecule has 3 unspecified atom stereocenters. The quantitative estimate of drug-likeness (QED) is 0.775. The number of hydrogen-bond donors (Lipinski definition) is 0. The molecule has 0 spiro atoms. The van der Waals surface area contributed by atoms with Crippen LogP contribution in [0.5, 0.6) is 0 Å². The minimum Gasteiger partial charge on any atom is -0.336 e. The second-order valence-electron chi connectivity index (χ2n) is 5.95. The molecule has 2 rings (SSSR count). The third kappa shape index (κ3) is 3.57. The van der Waals surface area contributed by atoms with Gasteiger partial charge in [0.15, 0.2) is 0 Å². The number of likely N-dealkylation sites (tertiary alicyclic amines) is 1. The third-order valence-corrected chi connectivity index (χ3v) is 5.23. The summed E-state index contributed by atoms with van der Waals surface area (Å²) >= 11 is 1.67. The maximum atomic E-state index is 12.7. The van der Waals surface area contributed by atoms with E-state index >= 15 is 0 Å². The van der Waals surface area contributed by atoms with Gasteiger partial charge in [0, 0.05) is 17.0 Å². The molecule has 0 N–H and O–H groups in total. The van der Waals surface area contributed by atoms with Crippen LogP contribution in [0.2, 0.25) is 0 Å². The van der Waals surface area contributed by atoms with Crippen LogP contribution in [0.25, 0.3) is 0 Å². The summed E-state index contributed by atoms with van der Waals surface area (Å²) < 4.78 is 0. The van der Waals surface area contributed by atoms with E-state index in [-0.39, 0.29) is 11.2 Å². The second kappa shape index (κ2) is 6.66. The van der Waals surface area contributed by atoms with Crippen molar-refractivity contribution in [1.29, 1.82) is 0 Å². The molecule has 1 aromatic rings. The number of carbonyl (C=O) groups is 1. The molecule has 1 aliphatic heterocycles. The molecule has 2 nitrogen and oxygen atoms in total. The van der Waals surface area contributed by atoms with E-state index in [1.807, 2.05) is 6.92 Å². The molecule has 1 aliphatic rings. The van der Waals surface area contributed by atoms with Crippen LogP contribution in [-0.4, -0.2) is 28.1 Å². The number of hydrogen-bond acceptors (Lipinski definition) is 2. The van der Waals surface area contributed by atoms with Crippen LogP contribution in [0.1, 0.15) is 45.6 Å². The summed E-state index contributed by atoms with van der Waals surface area (Å²) in [6, 6.07) is 9.18. The van der Waals surface area contributed by atoms with Gasteiger partial charge < -0.3 is 4.90 Å². The predicted octanol–water partition coefficient (Wildman–Crippen LogP) is 4.27. The van der Waals surface area contributed by atoms with Crippen LogP contribution in [0.3, 0.4) is 0 Å². The highest BCUT2D eigenvalue weighted by molar-refractivity contribution is 8.00. The summed E-state index contributed by atoms with van der Waals surface area (Å²) in [5.41, 5.74) is 1.26. The fraction of sp³-hybridized carbons (Fsp3) is 0.588. The first-order valence-electron chi connectivity index (χ1n) is 7.54. The first-order valence-corrected chi connectivity index (χ1v) is 8.42. The van der Waals surface area contributed by atoms with Crippen molar-refractivity contribution in [2.24, 2.45) is 0 Å². The maximum Gasteiger partial charge on any atom is 0.236 e. The SMILES string of the molecule is Cc1ccc(SC(C)C(=O)N2C(C)CCCC2C)cc1. The number of carbonyl (C=O) groups excluding carboxylic acids is 1. The summed E-state index contributed by atoms with van der Waals surface area (Å²) in [6.07, 6.45) is 3.52. The van der Waals surface area contributed by atoms with Crippen LogP contribution in [0.15, 0.2) is 29.2 Å². The lowest BCUT2D eigenvalue weighted by atomic mass is 9.97. The Hall–Kier alpha value is -0.960. The highest BCUT2D eigenvalue weighted by atomic mass is 32.2. The van der Waals surface area contributed by atoms with Gasteiger partial charge in [-0.25, -0.2) is 0 Å². The van der Waals surface area contributed by atoms with Crippen molar-refractivity contribution in [3.8, 4) is 0 Å². The molecule has 1 fully saturated rings. The van der Waals surface area contributed by atoms with E-state index in [0.29, 0.717) is 12.1 Å². The summed E-state index contributed by atoms with van der Waals surface area (Å²) in [6.45, 7) is 8.47. The van der Waals surface area contributed by atoms with Gasteiger partial charge in [-0.3, -0.25) is 4.79 Å². The van der Waals surface area contributed by atoms with Gasteiger partial charge >= 0.3 is 0 Å². The lowest BCUT2D eigenvalue weighted by molar-refractivity contribution is -0.136. The van der Waals surface area contributed by atoms with Gasteiger partial charge in [-0.1, -0.05) is 17.7 Å². The smallest absolute Gasteiger partial charge is 0.236 e. The van der Waals surface area contributed by atoms with E-state index < -0.39 is 0 Å². The molecule has 1 amide bonds. The first-order chi connectivity index (χ1) is 9.49. The minimum absolute atomic E-state index is 0.0132. The highest BCUT2D eigenvalue weighted by Gasteiger charge is 2.31. The Morgan fingerprint density at radius 3 is 2.30 bits per heavy atom. The van der Waals surface area contributed by atoms with Crippen molar-refractivity contribution in [2.45, 2.75) is 69.2 Å². The molecule has 0 radical (unpaired) electrons. The van der Waals surface area contributed by atoms with Gasteiger partial charge in [0.2, 0.25) is 5.91 Å². The van der Waals surface area contributed by atoms with E-state index in [0.717, 1.165) is 12.8 Å². The Morgan fingerprint density at radius 2 is 1.75 bits per heavy atom. The fourth-order valence-corrected chi connectivity index (χ4v) is 3.86. The molecule has 110 valence electrons. The minimum atomic E-state index is -0.0132. The van der Waals surface area contributed by atoms with Gasteiger partial charge in [0.25, 0.3) is 0 Å². The third-order valence-electron chi connectivity index (χ3n) is 4.13. The van der Waals surface area contributed by atoms with E-state index in [2.05, 4.69) is 49.9 Å². The molecule has 1 heterocycles. The zero-order valence-corrected chi connectivity index (χ0v) is 13.7. The van der Waals surface area contributed by atoms with Crippen molar-refractivity contribution in [2.75, 3.05) is 0 Å². The molecule has 0 bridgehead atoms. The van der Waals surface area contributed by atoms with Crippen molar-refractivity contribution in [1.82, 2.24) is 4.90 Å². The van der Waals surface area contributed by atoms with E-state index in [1.54, 1.807) is 11.8 Å². The summed E-state index contributed by atoms with van der Waals surface area (Å²) in [4.78, 5) is 16.0. The fourth-order valence-electron chi connectivity index (χ4n) is 2.94. The number of piperidine rings is 1. The number of rotatable bonds is 3. The van der Waals surface area contributed by atoms with Gasteiger partial charge in [0.1, 0.15) is 0 Å². The molecule has 0 aliphatic carbocycles. The Balaban J connectivity index is 2.02. The largest absolute Gasteiger partial charge is 0.336 e. The van der Waals surface area contributed by atoms with Crippen molar-refractivity contribution < 1.29 is 4.79 Å². The number of aryl methyl sites for hydroxylation is 1. The molecule has 0 saturated carbocycles. The molecule has 3 atom stereocenters. The van der Waals surface area contributed by atoms with E-state index in [1.165, 1.54) is 16.9 Å². The summed E-state index contributed by atoms with van der Waals surface area (Å²) in [5, 5.41) is -0.0132. The van der Waals surface area contributed by atoms with E-state index in [4.69, 9.17) is 0 Å². The first kappa shape index (κ1) is 15.4. The molecule has 20 heavy (non-hydrogen) atoms. The lowest BCUT2D eigenvalue weighted by Gasteiger charge is -2.40. The maximum absolute atomic E-state index is 12.7. The molecular formula is C17H25NOS. The Kier molecular flexibility index (Phi) is 5.14. The van der Waals surface area contributed by atoms with Gasteiger partial charge in [0.05, 0.1) is 5.25 Å². The van der Waals surface area contributed by atoms with E-state index in [9.17, 15) is 4.79 Å². The molecular weight excluding hydrogens is 266 g/mol. The van der Waals surface area contributed by atoms with Crippen molar-refractivity contribution in [3.05, 3.63) is 29.8 Å². The normalized spacial score (nSPS) is 24.5. The van der Waals surface area contributed by atoms with Gasteiger partial charge in [-0.05, 0) is 59.1 Å². The summed E-state index contributed by atoms with van der Waals surface area (Å²) in [7, 11) is 0. The standard InChI is InChI=1S/C17H25NOS/c1-12-8-10-16(11-9-12)20-15(4)17(19)18-13(2)6-5-7-14(18)3/h8-11,13-15H,5-7H2,1-4H3. The number of amides is 1. The Morgan fingerprint density at radius 1 is 1.20 bits per heavy atom. The zero-order valence-electron chi connectivity index (χ0n) is 12.9. The average Bonchev–Trinajstić information content (AvgIpc) is 2.41. The second-order valence-corrected chi connectivity index (χ2v) is 7.36. The van der Waals surface area contributed by atoms with Crippen LogP contribution in [0.4, 0.5) is 0 Å². The average molecular weight is 291 g/mol. The number of thioether (sulfide) groups is 1. The Bertz CT molecular complexity index is 447. The zero-order chi connectivity index (χ0) is 14.7. The Labute approximate surface area is 126 Å². The van der Waals surface area contributed by atoms with Crippen LogP contribution in [0, 0.1) is 6.92 Å². The number of benzene rings is 1. The summed E-state index contributed by atoms with van der Waals surface area (Å²) in [5.74, 6) is 0.287. The highest BCUT2D eigenvalue weighted by Crippen LogP contribution is 2.29. The molecule has 1 aromatic carbocycles. The van der Waals surface area contributed by atoms with Crippen LogP contribution >= 0.6 is 11.8 Å². The van der Waals surface area contributed by atoms with Crippen molar-refractivity contribution in [3.63, 3.8) is 0 Å². The predicted molar refractivity (Wildman–Crippen MR) is 86.1 cm³/mol. The molecule has 0 aromatic heterocycles. The molecule has 1 saturated heterocycles. The van der Waals surface area contributed by atoms with Gasteiger partial charge in [-0.15, -0.1) is 11.8 Å². The topological polar surface area (TPSA) is 20.3 Å². The monoisotopic (exact) mass is 291 g/mol. The van der Waals surface area contributed by atoms with Crippen molar-refractivity contribution >= 4 is 17.7 Å². The molecule has 3 heteroatoms. The lowest BCUT2D eigenvalue weighted by Crippen LogP contribution is -2.50.